The molecule has 1 aliphatic heterocycles. The minimum atomic E-state index is -3.92. The highest BCUT2D eigenvalue weighted by Crippen LogP contribution is 2.34. The first-order valence-electron chi connectivity index (χ1n) is 13.5. The van der Waals surface area contributed by atoms with Gasteiger partial charge in [-0.1, -0.05) is 31.2 Å². The van der Waals surface area contributed by atoms with E-state index < -0.39 is 16.0 Å². The highest BCUT2D eigenvalue weighted by atomic mass is 32.2. The lowest BCUT2D eigenvalue weighted by Crippen LogP contribution is -2.46. The molecule has 2 aliphatic rings. The van der Waals surface area contributed by atoms with Gasteiger partial charge in [0, 0.05) is 44.3 Å². The van der Waals surface area contributed by atoms with Crippen LogP contribution < -0.4 is 14.9 Å². The molecular formula is C28H38N4O5S. The number of nitrogens with one attached hydrogen (secondary N) is 2. The van der Waals surface area contributed by atoms with Crippen molar-refractivity contribution in [3.05, 3.63) is 53.6 Å². The van der Waals surface area contributed by atoms with Gasteiger partial charge in [0.2, 0.25) is 15.9 Å². The number of sulfonamides is 1. The number of carbonyl (C=O) groups excluding carboxylic acids is 2. The molecule has 2 aromatic rings. The number of carbonyl (C=O) groups is 2. The second-order valence-corrected chi connectivity index (χ2v) is 11.4. The number of ether oxygens (including phenoxy) is 1. The van der Waals surface area contributed by atoms with Gasteiger partial charge >= 0.3 is 5.97 Å². The highest BCUT2D eigenvalue weighted by Gasteiger charge is 2.30. The third-order valence-electron chi connectivity index (χ3n) is 7.22. The number of likely N-dealkylation sites (N-methyl/N-ethyl adjacent to an activating group) is 1. The molecule has 2 aromatic carbocycles. The van der Waals surface area contributed by atoms with Gasteiger partial charge in [-0.05, 0) is 62.1 Å². The van der Waals surface area contributed by atoms with Crippen LogP contribution in [0.15, 0.2) is 47.4 Å². The summed E-state index contributed by atoms with van der Waals surface area (Å²) in [5.41, 5.74) is 3.19. The molecule has 38 heavy (non-hydrogen) atoms. The van der Waals surface area contributed by atoms with E-state index >= 15 is 0 Å². The molecule has 1 amide bonds. The van der Waals surface area contributed by atoms with Crippen molar-refractivity contribution in [2.45, 2.75) is 56.9 Å². The van der Waals surface area contributed by atoms with Gasteiger partial charge in [-0.25, -0.2) is 13.1 Å². The first kappa shape index (κ1) is 28.1. The molecule has 0 bridgehead atoms. The Morgan fingerprint density at radius 1 is 1.03 bits per heavy atom. The van der Waals surface area contributed by atoms with Crippen molar-refractivity contribution >= 4 is 33.3 Å². The summed E-state index contributed by atoms with van der Waals surface area (Å²) >= 11 is 0. The number of nitrogens with zero attached hydrogens (tertiary/aromatic N) is 2. The number of benzene rings is 2. The molecule has 206 valence electrons. The summed E-state index contributed by atoms with van der Waals surface area (Å²) in [5.74, 6) is -0.815. The first-order valence-corrected chi connectivity index (χ1v) is 15.0. The second kappa shape index (κ2) is 12.7. The Kier molecular flexibility index (Phi) is 9.40. The Morgan fingerprint density at radius 3 is 2.53 bits per heavy atom. The second-order valence-electron chi connectivity index (χ2n) is 9.72. The van der Waals surface area contributed by atoms with Crippen LogP contribution >= 0.6 is 0 Å². The van der Waals surface area contributed by atoms with Crippen LogP contribution in [-0.2, 0) is 30.8 Å². The van der Waals surface area contributed by atoms with E-state index in [2.05, 4.69) is 32.8 Å². The van der Waals surface area contributed by atoms with Crippen molar-refractivity contribution in [3.63, 3.8) is 0 Å². The Morgan fingerprint density at radius 2 is 1.79 bits per heavy atom. The number of piperazine rings is 1. The topological polar surface area (TPSA) is 108 Å². The fourth-order valence-electron chi connectivity index (χ4n) is 5.17. The minimum absolute atomic E-state index is 0.0345. The fourth-order valence-corrected chi connectivity index (χ4v) is 6.67. The number of hydrogen-bond donors (Lipinski definition) is 2. The molecule has 0 saturated carbocycles. The summed E-state index contributed by atoms with van der Waals surface area (Å²) in [5, 5.41) is 2.75. The zero-order valence-electron chi connectivity index (χ0n) is 22.2. The van der Waals surface area contributed by atoms with Crippen molar-refractivity contribution in [2.24, 2.45) is 0 Å². The number of fused-ring (bicyclic) bond motifs is 1. The smallest absolute Gasteiger partial charge is 0.306 e. The first-order chi connectivity index (χ1) is 18.3. The molecule has 4 rings (SSSR count). The van der Waals surface area contributed by atoms with Gasteiger partial charge in [0.15, 0.2) is 0 Å². The van der Waals surface area contributed by atoms with E-state index in [9.17, 15) is 18.0 Å². The zero-order chi connectivity index (χ0) is 27.1. The van der Waals surface area contributed by atoms with E-state index in [0.717, 1.165) is 44.5 Å². The van der Waals surface area contributed by atoms with Crippen molar-refractivity contribution in [2.75, 3.05) is 49.5 Å². The molecule has 0 aromatic heterocycles. The summed E-state index contributed by atoms with van der Waals surface area (Å²) in [6.45, 7) is 8.19. The quantitative estimate of drug-likeness (QED) is 0.443. The normalized spacial score (nSPS) is 18.1. The van der Waals surface area contributed by atoms with Crippen LogP contribution in [0.1, 0.15) is 56.7 Å². The maximum atomic E-state index is 13.9. The third kappa shape index (κ3) is 6.92. The monoisotopic (exact) mass is 542 g/mol. The van der Waals surface area contributed by atoms with Crippen molar-refractivity contribution in [3.8, 4) is 0 Å². The molecule has 1 atom stereocenters. The predicted octanol–water partition coefficient (Wildman–Crippen LogP) is 3.47. The molecule has 1 aliphatic carbocycles. The van der Waals surface area contributed by atoms with Gasteiger partial charge in [0.05, 0.1) is 18.7 Å². The molecule has 0 spiro atoms. The highest BCUT2D eigenvalue weighted by molar-refractivity contribution is 7.89. The lowest BCUT2D eigenvalue weighted by molar-refractivity contribution is -0.144. The predicted molar refractivity (Wildman–Crippen MR) is 148 cm³/mol. The van der Waals surface area contributed by atoms with Crippen LogP contribution in [0.3, 0.4) is 0 Å². The number of aryl methyl sites for hydroxylation is 1. The molecular weight excluding hydrogens is 504 g/mol. The van der Waals surface area contributed by atoms with Crippen LogP contribution in [0, 0.1) is 0 Å². The number of hydrogen-bond acceptors (Lipinski definition) is 7. The van der Waals surface area contributed by atoms with Crippen LogP contribution in [0.4, 0.5) is 11.4 Å². The van der Waals surface area contributed by atoms with E-state index in [1.165, 1.54) is 11.6 Å². The molecule has 1 fully saturated rings. The SMILES string of the molecule is CCOC(=O)CCC(=O)Nc1ccc(N2CCN(CC)CC2)c(S(=O)(=O)N[C@@H]2CCCc3ccccc32)c1. The van der Waals surface area contributed by atoms with Gasteiger partial charge in [-0.2, -0.15) is 0 Å². The molecule has 1 heterocycles. The van der Waals surface area contributed by atoms with Crippen molar-refractivity contribution < 1.29 is 22.7 Å². The molecule has 9 nitrogen and oxygen atoms in total. The number of esters is 1. The Bertz CT molecular complexity index is 1240. The lowest BCUT2D eigenvalue weighted by atomic mass is 9.88. The maximum Gasteiger partial charge on any atom is 0.306 e. The summed E-state index contributed by atoms with van der Waals surface area (Å²) < 4.78 is 35.6. The van der Waals surface area contributed by atoms with E-state index in [-0.39, 0.29) is 36.3 Å². The maximum absolute atomic E-state index is 13.9. The van der Waals surface area contributed by atoms with Gasteiger partial charge in [-0.15, -0.1) is 0 Å². The molecule has 10 heteroatoms. The van der Waals surface area contributed by atoms with E-state index in [1.807, 2.05) is 18.2 Å². The van der Waals surface area contributed by atoms with Crippen LogP contribution in [-0.4, -0.2) is 64.5 Å². The molecule has 0 unspecified atom stereocenters. The van der Waals surface area contributed by atoms with E-state index in [4.69, 9.17) is 4.74 Å². The average Bonchev–Trinajstić information content (AvgIpc) is 2.92. The molecule has 1 saturated heterocycles. The van der Waals surface area contributed by atoms with Gasteiger partial charge in [0.1, 0.15) is 4.90 Å². The van der Waals surface area contributed by atoms with E-state index in [0.29, 0.717) is 24.5 Å². The van der Waals surface area contributed by atoms with Crippen LogP contribution in [0.25, 0.3) is 0 Å². The lowest BCUT2D eigenvalue weighted by Gasteiger charge is -2.36. The van der Waals surface area contributed by atoms with Gasteiger partial charge in [-0.3, -0.25) is 9.59 Å². The summed E-state index contributed by atoms with van der Waals surface area (Å²) in [4.78, 5) is 28.7. The summed E-state index contributed by atoms with van der Waals surface area (Å²) in [7, 11) is -3.92. The van der Waals surface area contributed by atoms with E-state index in [1.54, 1.807) is 19.1 Å². The zero-order valence-corrected chi connectivity index (χ0v) is 23.1. The Balaban J connectivity index is 1.59. The minimum Gasteiger partial charge on any atom is -0.466 e. The molecule has 0 radical (unpaired) electrons. The van der Waals surface area contributed by atoms with Crippen LogP contribution in [0.2, 0.25) is 0 Å². The summed E-state index contributed by atoms with van der Waals surface area (Å²) in [6.07, 6.45) is 2.50. The van der Waals surface area contributed by atoms with Crippen molar-refractivity contribution in [1.82, 2.24) is 9.62 Å². The van der Waals surface area contributed by atoms with Gasteiger partial charge < -0.3 is 19.9 Å². The average molecular weight is 543 g/mol. The number of amides is 1. The van der Waals surface area contributed by atoms with Crippen molar-refractivity contribution in [1.29, 1.82) is 0 Å². The number of anilines is 2. The largest absolute Gasteiger partial charge is 0.466 e. The summed E-state index contributed by atoms with van der Waals surface area (Å²) in [6, 6.07) is 12.7. The molecule has 2 N–H and O–H groups in total. The Hall–Kier alpha value is -2.95. The number of rotatable bonds is 10. The van der Waals surface area contributed by atoms with Gasteiger partial charge in [0.25, 0.3) is 0 Å². The third-order valence-corrected chi connectivity index (χ3v) is 8.72. The fraction of sp³-hybridized carbons (Fsp3) is 0.500. The van der Waals surface area contributed by atoms with Crippen LogP contribution in [0.5, 0.6) is 0 Å². The standard InChI is InChI=1S/C28H38N4O5S/c1-3-31-16-18-32(19-17-31)25-13-12-22(29-27(33)14-15-28(34)37-4-2)20-26(25)38(35,36)30-24-11-7-9-21-8-5-6-10-23(21)24/h5-6,8,10,12-13,20,24,30H,3-4,7,9,11,14-19H2,1-2H3,(H,29,33)/t24-/m1/s1. The Labute approximate surface area is 225 Å².